The van der Waals surface area contributed by atoms with E-state index in [-0.39, 0.29) is 17.7 Å². The van der Waals surface area contributed by atoms with Gasteiger partial charge in [-0.3, -0.25) is 9.59 Å². The number of amides is 2. The number of aryl methyl sites for hydroxylation is 1. The molecule has 3 rings (SSSR count). The van der Waals surface area contributed by atoms with Crippen molar-refractivity contribution < 1.29 is 9.59 Å². The van der Waals surface area contributed by atoms with Crippen molar-refractivity contribution in [3.05, 3.63) is 29.8 Å². The molecule has 0 radical (unpaired) electrons. The van der Waals surface area contributed by atoms with Crippen LogP contribution in [0.2, 0.25) is 0 Å². The van der Waals surface area contributed by atoms with Crippen molar-refractivity contribution >= 4 is 17.5 Å². The Morgan fingerprint density at radius 1 is 1.16 bits per heavy atom. The molecule has 136 valence electrons. The molecular weight excluding hydrogens is 312 g/mol. The summed E-state index contributed by atoms with van der Waals surface area (Å²) in [5.74, 6) is -0.0795. The Kier molecular flexibility index (Phi) is 6.11. The quantitative estimate of drug-likeness (QED) is 0.844. The molecule has 1 aliphatic carbocycles. The summed E-state index contributed by atoms with van der Waals surface area (Å²) in [5, 5.41) is 2.99. The third kappa shape index (κ3) is 4.62. The molecule has 0 spiro atoms. The van der Waals surface area contributed by atoms with E-state index in [1.54, 1.807) is 0 Å². The molecule has 1 aliphatic heterocycles. The van der Waals surface area contributed by atoms with Crippen LogP contribution in [-0.2, 0) is 16.0 Å². The number of carbonyl (C=O) groups excluding carboxylic acids is 2. The maximum absolute atomic E-state index is 12.6. The van der Waals surface area contributed by atoms with Gasteiger partial charge in [-0.1, -0.05) is 44.7 Å². The molecule has 1 heterocycles. The largest absolute Gasteiger partial charge is 0.339 e. The van der Waals surface area contributed by atoms with E-state index in [9.17, 15) is 9.59 Å². The van der Waals surface area contributed by atoms with Crippen molar-refractivity contribution in [2.75, 3.05) is 11.9 Å². The second kappa shape index (κ2) is 8.50. The summed E-state index contributed by atoms with van der Waals surface area (Å²) in [7, 11) is 0. The predicted octanol–water partition coefficient (Wildman–Crippen LogP) is 4.15. The minimum Gasteiger partial charge on any atom is -0.339 e. The van der Waals surface area contributed by atoms with Crippen molar-refractivity contribution in [1.82, 2.24) is 4.90 Å². The van der Waals surface area contributed by atoms with Gasteiger partial charge < -0.3 is 10.2 Å². The molecule has 2 aliphatic rings. The van der Waals surface area contributed by atoms with Gasteiger partial charge in [0.05, 0.1) is 5.92 Å². The molecule has 1 N–H and O–H groups in total. The van der Waals surface area contributed by atoms with E-state index >= 15 is 0 Å². The van der Waals surface area contributed by atoms with Crippen LogP contribution in [-0.4, -0.2) is 29.3 Å². The highest BCUT2D eigenvalue weighted by Crippen LogP contribution is 2.29. The van der Waals surface area contributed by atoms with Gasteiger partial charge in [0.25, 0.3) is 0 Å². The molecule has 1 saturated heterocycles. The standard InChI is InChI=1S/C21H30N2O2/c1-2-3-7-16-10-12-18(13-11-16)22-21(25)17-14-20(24)23(15-17)19-8-5-4-6-9-19/h10-13,17,19H,2-9,14-15H2,1H3,(H,22,25)/t17-/m1/s1. The number of nitrogens with one attached hydrogen (secondary N) is 1. The Labute approximate surface area is 151 Å². The van der Waals surface area contributed by atoms with Crippen LogP contribution >= 0.6 is 0 Å². The lowest BCUT2D eigenvalue weighted by Crippen LogP contribution is -2.38. The van der Waals surface area contributed by atoms with Gasteiger partial charge in [0.1, 0.15) is 0 Å². The first-order valence-electron chi connectivity index (χ1n) is 9.86. The van der Waals surface area contributed by atoms with E-state index in [0.717, 1.165) is 24.9 Å². The molecule has 1 aromatic carbocycles. The number of nitrogens with zero attached hydrogens (tertiary/aromatic N) is 1. The fourth-order valence-corrected chi connectivity index (χ4v) is 4.03. The van der Waals surface area contributed by atoms with Gasteiger partial charge in [-0.25, -0.2) is 0 Å². The van der Waals surface area contributed by atoms with Crippen molar-refractivity contribution in [3.63, 3.8) is 0 Å². The number of benzene rings is 1. The van der Waals surface area contributed by atoms with Crippen LogP contribution in [0.1, 0.15) is 63.9 Å². The average Bonchev–Trinajstić information content (AvgIpc) is 3.04. The molecule has 25 heavy (non-hydrogen) atoms. The Morgan fingerprint density at radius 3 is 2.56 bits per heavy atom. The fraction of sp³-hybridized carbons (Fsp3) is 0.619. The molecule has 2 fully saturated rings. The summed E-state index contributed by atoms with van der Waals surface area (Å²) in [6.45, 7) is 2.78. The molecule has 0 aromatic heterocycles. The van der Waals surface area contributed by atoms with Crippen LogP contribution in [0, 0.1) is 5.92 Å². The van der Waals surface area contributed by atoms with Crippen molar-refractivity contribution in [1.29, 1.82) is 0 Å². The van der Waals surface area contributed by atoms with E-state index in [0.29, 0.717) is 19.0 Å². The molecular formula is C21H30N2O2. The lowest BCUT2D eigenvalue weighted by atomic mass is 9.94. The number of hydrogen-bond acceptors (Lipinski definition) is 2. The van der Waals surface area contributed by atoms with Crippen LogP contribution in [0.25, 0.3) is 0 Å². The number of hydrogen-bond donors (Lipinski definition) is 1. The Bertz CT molecular complexity index is 590. The van der Waals surface area contributed by atoms with Crippen LogP contribution < -0.4 is 5.32 Å². The Morgan fingerprint density at radius 2 is 1.88 bits per heavy atom. The van der Waals surface area contributed by atoms with E-state index in [1.165, 1.54) is 37.7 Å². The summed E-state index contributed by atoms with van der Waals surface area (Å²) in [6, 6.07) is 8.47. The average molecular weight is 342 g/mol. The third-order valence-electron chi connectivity index (χ3n) is 5.59. The number of rotatable bonds is 6. The Balaban J connectivity index is 1.53. The predicted molar refractivity (Wildman–Crippen MR) is 100 cm³/mol. The number of carbonyl (C=O) groups is 2. The van der Waals surface area contributed by atoms with Crippen molar-refractivity contribution in [2.24, 2.45) is 5.92 Å². The summed E-state index contributed by atoms with van der Waals surface area (Å²) < 4.78 is 0. The zero-order valence-corrected chi connectivity index (χ0v) is 15.3. The van der Waals surface area contributed by atoms with Crippen molar-refractivity contribution in [2.45, 2.75) is 70.8 Å². The topological polar surface area (TPSA) is 49.4 Å². The highest BCUT2D eigenvalue weighted by molar-refractivity contribution is 5.97. The lowest BCUT2D eigenvalue weighted by molar-refractivity contribution is -0.130. The van der Waals surface area contributed by atoms with Gasteiger partial charge in [0.2, 0.25) is 11.8 Å². The summed E-state index contributed by atoms with van der Waals surface area (Å²) >= 11 is 0. The first-order valence-corrected chi connectivity index (χ1v) is 9.86. The van der Waals surface area contributed by atoms with Gasteiger partial charge in [0.15, 0.2) is 0 Å². The van der Waals surface area contributed by atoms with E-state index in [2.05, 4.69) is 24.4 Å². The molecule has 1 saturated carbocycles. The molecule has 0 bridgehead atoms. The van der Waals surface area contributed by atoms with Gasteiger partial charge >= 0.3 is 0 Å². The molecule has 4 nitrogen and oxygen atoms in total. The van der Waals surface area contributed by atoms with Crippen LogP contribution in [0.3, 0.4) is 0 Å². The zero-order valence-electron chi connectivity index (χ0n) is 15.3. The molecule has 4 heteroatoms. The zero-order chi connectivity index (χ0) is 17.6. The number of likely N-dealkylation sites (tertiary alicyclic amines) is 1. The minimum absolute atomic E-state index is 0.0204. The monoisotopic (exact) mass is 342 g/mol. The normalized spacial score (nSPS) is 21.6. The number of unbranched alkanes of at least 4 members (excludes halogenated alkanes) is 1. The highest BCUT2D eigenvalue weighted by atomic mass is 16.2. The van der Waals surface area contributed by atoms with E-state index < -0.39 is 0 Å². The Hall–Kier alpha value is -1.84. The SMILES string of the molecule is CCCCc1ccc(NC(=O)[C@@H]2CC(=O)N(C3CCCCC3)C2)cc1. The van der Waals surface area contributed by atoms with E-state index in [4.69, 9.17) is 0 Å². The fourth-order valence-electron chi connectivity index (χ4n) is 4.03. The first kappa shape index (κ1) is 18.0. The van der Waals surface area contributed by atoms with Crippen molar-refractivity contribution in [3.8, 4) is 0 Å². The minimum atomic E-state index is -0.214. The van der Waals surface area contributed by atoms with Gasteiger partial charge in [0, 0.05) is 24.7 Å². The number of anilines is 1. The lowest BCUT2D eigenvalue weighted by Gasteiger charge is -2.31. The molecule has 1 atom stereocenters. The van der Waals surface area contributed by atoms with Crippen LogP contribution in [0.15, 0.2) is 24.3 Å². The van der Waals surface area contributed by atoms with Gasteiger partial charge in [-0.2, -0.15) is 0 Å². The molecule has 2 amide bonds. The summed E-state index contributed by atoms with van der Waals surface area (Å²) in [6.07, 6.45) is 9.69. The molecule has 1 aromatic rings. The van der Waals surface area contributed by atoms with Gasteiger partial charge in [-0.15, -0.1) is 0 Å². The van der Waals surface area contributed by atoms with E-state index in [1.807, 2.05) is 17.0 Å². The first-order chi connectivity index (χ1) is 12.2. The second-order valence-corrected chi connectivity index (χ2v) is 7.53. The summed E-state index contributed by atoms with van der Waals surface area (Å²) in [4.78, 5) is 26.9. The maximum atomic E-state index is 12.6. The second-order valence-electron chi connectivity index (χ2n) is 7.53. The molecule has 0 unspecified atom stereocenters. The maximum Gasteiger partial charge on any atom is 0.229 e. The highest BCUT2D eigenvalue weighted by Gasteiger charge is 2.38. The van der Waals surface area contributed by atoms with Crippen LogP contribution in [0.5, 0.6) is 0 Å². The van der Waals surface area contributed by atoms with Crippen LogP contribution in [0.4, 0.5) is 5.69 Å². The third-order valence-corrected chi connectivity index (χ3v) is 5.59. The smallest absolute Gasteiger partial charge is 0.229 e. The summed E-state index contributed by atoms with van der Waals surface area (Å²) in [5.41, 5.74) is 2.13. The van der Waals surface area contributed by atoms with Gasteiger partial charge in [-0.05, 0) is 43.4 Å².